The Morgan fingerprint density at radius 2 is 1.83 bits per heavy atom. The fourth-order valence-electron chi connectivity index (χ4n) is 3.80. The van der Waals surface area contributed by atoms with E-state index in [1.807, 2.05) is 0 Å². The second kappa shape index (κ2) is 7.91. The predicted octanol–water partition coefficient (Wildman–Crippen LogP) is 2.69. The largest absolute Gasteiger partial charge is 0.458 e. The Hall–Kier alpha value is -2.20. The number of ether oxygens (including phenoxy) is 1. The van der Waals surface area contributed by atoms with Gasteiger partial charge >= 0.3 is 5.97 Å². The molecule has 29 heavy (non-hydrogen) atoms. The summed E-state index contributed by atoms with van der Waals surface area (Å²) < 4.78 is 33.4. The third kappa shape index (κ3) is 4.53. The molecule has 0 bridgehead atoms. The molecule has 3 rings (SSSR count). The van der Waals surface area contributed by atoms with E-state index in [1.54, 1.807) is 25.7 Å². The van der Waals surface area contributed by atoms with Gasteiger partial charge < -0.3 is 9.64 Å². The number of non-ortho nitro benzene ring substituents is 1. The van der Waals surface area contributed by atoms with E-state index in [9.17, 15) is 23.3 Å². The molecule has 9 nitrogen and oxygen atoms in total. The number of nitrogens with zero attached hydrogens (tertiary/aromatic N) is 3. The molecule has 1 atom stereocenters. The van der Waals surface area contributed by atoms with Gasteiger partial charge in [0.2, 0.25) is 10.0 Å². The van der Waals surface area contributed by atoms with Gasteiger partial charge in [0.1, 0.15) is 16.5 Å². The molecule has 2 fully saturated rings. The molecule has 0 amide bonds. The van der Waals surface area contributed by atoms with E-state index in [1.165, 1.54) is 16.4 Å². The molecule has 0 saturated carbocycles. The Morgan fingerprint density at radius 1 is 1.17 bits per heavy atom. The van der Waals surface area contributed by atoms with Crippen LogP contribution in [0.15, 0.2) is 23.1 Å². The van der Waals surface area contributed by atoms with Gasteiger partial charge in [-0.05, 0) is 52.5 Å². The van der Waals surface area contributed by atoms with Gasteiger partial charge in [0.15, 0.2) is 0 Å². The zero-order chi connectivity index (χ0) is 21.4. The lowest BCUT2D eigenvalue weighted by atomic mass is 10.1. The van der Waals surface area contributed by atoms with Crippen molar-refractivity contribution in [2.24, 2.45) is 0 Å². The molecular weight excluding hydrogens is 398 g/mol. The molecule has 160 valence electrons. The molecule has 0 radical (unpaired) electrons. The second-order valence-corrected chi connectivity index (χ2v) is 10.3. The lowest BCUT2D eigenvalue weighted by Crippen LogP contribution is -2.41. The Balaban J connectivity index is 2.04. The zero-order valence-corrected chi connectivity index (χ0v) is 17.8. The van der Waals surface area contributed by atoms with Gasteiger partial charge in [-0.1, -0.05) is 0 Å². The van der Waals surface area contributed by atoms with E-state index < -0.39 is 32.6 Å². The van der Waals surface area contributed by atoms with Crippen molar-refractivity contribution in [3.63, 3.8) is 0 Å². The molecule has 2 saturated heterocycles. The topological polar surface area (TPSA) is 110 Å². The van der Waals surface area contributed by atoms with Crippen molar-refractivity contribution in [3.8, 4) is 0 Å². The summed E-state index contributed by atoms with van der Waals surface area (Å²) in [4.78, 5) is 25.0. The van der Waals surface area contributed by atoms with Gasteiger partial charge in [-0.25, -0.2) is 13.2 Å². The number of esters is 1. The van der Waals surface area contributed by atoms with Crippen LogP contribution in [0.4, 0.5) is 11.4 Å². The number of carbonyl (C=O) groups excluding carboxylic acids is 1. The number of anilines is 1. The monoisotopic (exact) mass is 425 g/mol. The van der Waals surface area contributed by atoms with Crippen molar-refractivity contribution in [2.75, 3.05) is 24.5 Å². The first kappa shape index (κ1) is 21.5. The first-order valence-corrected chi connectivity index (χ1v) is 11.2. The fourth-order valence-corrected chi connectivity index (χ4v) is 5.53. The zero-order valence-electron chi connectivity index (χ0n) is 17.0. The number of hydrogen-bond donors (Lipinski definition) is 0. The van der Waals surface area contributed by atoms with Gasteiger partial charge in [-0.15, -0.1) is 0 Å². The van der Waals surface area contributed by atoms with Crippen LogP contribution in [0.1, 0.15) is 46.5 Å². The second-order valence-electron chi connectivity index (χ2n) is 8.41. The van der Waals surface area contributed by atoms with E-state index in [-0.39, 0.29) is 10.6 Å². The highest BCUT2D eigenvalue weighted by atomic mass is 32.2. The summed E-state index contributed by atoms with van der Waals surface area (Å²) >= 11 is 0. The predicted molar refractivity (Wildman–Crippen MR) is 107 cm³/mol. The van der Waals surface area contributed by atoms with E-state index >= 15 is 0 Å². The molecule has 1 aromatic rings. The average Bonchev–Trinajstić information content (AvgIpc) is 3.31. The molecule has 2 heterocycles. The number of carbonyl (C=O) groups is 1. The maximum atomic E-state index is 13.3. The van der Waals surface area contributed by atoms with Crippen molar-refractivity contribution in [2.45, 2.75) is 63.0 Å². The average molecular weight is 426 g/mol. The van der Waals surface area contributed by atoms with E-state index in [2.05, 4.69) is 0 Å². The van der Waals surface area contributed by atoms with Crippen molar-refractivity contribution in [1.29, 1.82) is 0 Å². The van der Waals surface area contributed by atoms with Crippen LogP contribution in [0, 0.1) is 10.1 Å². The third-order valence-corrected chi connectivity index (χ3v) is 7.01. The van der Waals surface area contributed by atoms with Crippen LogP contribution in [0.3, 0.4) is 0 Å². The van der Waals surface area contributed by atoms with Crippen LogP contribution in [0.25, 0.3) is 0 Å². The molecule has 0 unspecified atom stereocenters. The minimum atomic E-state index is -3.91. The Labute approximate surface area is 170 Å². The van der Waals surface area contributed by atoms with E-state index in [0.29, 0.717) is 38.2 Å². The first-order chi connectivity index (χ1) is 13.5. The van der Waals surface area contributed by atoms with Crippen molar-refractivity contribution >= 4 is 27.4 Å². The van der Waals surface area contributed by atoms with E-state index in [0.717, 1.165) is 18.9 Å². The van der Waals surface area contributed by atoms with Crippen LogP contribution in [-0.2, 0) is 19.6 Å². The number of hydrogen-bond acceptors (Lipinski definition) is 7. The maximum absolute atomic E-state index is 13.3. The quantitative estimate of drug-likeness (QED) is 0.405. The minimum Gasteiger partial charge on any atom is -0.458 e. The molecule has 2 aliphatic rings. The highest BCUT2D eigenvalue weighted by molar-refractivity contribution is 7.89. The highest BCUT2D eigenvalue weighted by Gasteiger charge is 2.39. The van der Waals surface area contributed by atoms with Gasteiger partial charge in [-0.3, -0.25) is 10.1 Å². The Kier molecular flexibility index (Phi) is 5.86. The van der Waals surface area contributed by atoms with Crippen LogP contribution < -0.4 is 4.90 Å². The summed E-state index contributed by atoms with van der Waals surface area (Å²) in [5, 5.41) is 11.3. The van der Waals surface area contributed by atoms with Gasteiger partial charge in [0, 0.05) is 31.8 Å². The highest BCUT2D eigenvalue weighted by Crippen LogP contribution is 2.37. The fraction of sp³-hybridized carbons (Fsp3) is 0.632. The first-order valence-electron chi connectivity index (χ1n) is 9.79. The number of rotatable bonds is 5. The molecule has 0 aromatic heterocycles. The summed E-state index contributed by atoms with van der Waals surface area (Å²) in [5.41, 5.74) is -0.638. The van der Waals surface area contributed by atoms with Crippen LogP contribution in [0.5, 0.6) is 0 Å². The number of nitro benzene ring substituents is 1. The molecule has 0 N–H and O–H groups in total. The molecule has 0 aliphatic carbocycles. The Bertz CT molecular complexity index is 903. The Morgan fingerprint density at radius 3 is 2.41 bits per heavy atom. The molecule has 0 spiro atoms. The lowest BCUT2D eigenvalue weighted by molar-refractivity contribution is -0.385. The summed E-state index contributed by atoms with van der Waals surface area (Å²) in [7, 11) is -3.91. The summed E-state index contributed by atoms with van der Waals surface area (Å²) in [6.07, 6.45) is 2.75. The maximum Gasteiger partial charge on any atom is 0.329 e. The smallest absolute Gasteiger partial charge is 0.329 e. The summed E-state index contributed by atoms with van der Waals surface area (Å²) in [5.74, 6) is -0.419. The summed E-state index contributed by atoms with van der Waals surface area (Å²) in [6.45, 7) is 6.59. The van der Waals surface area contributed by atoms with Crippen molar-refractivity contribution in [3.05, 3.63) is 28.3 Å². The number of nitro groups is 1. The van der Waals surface area contributed by atoms with Crippen molar-refractivity contribution < 1.29 is 22.9 Å². The minimum absolute atomic E-state index is 0.121. The number of benzene rings is 1. The summed E-state index contributed by atoms with van der Waals surface area (Å²) in [6, 6.07) is 3.20. The molecule has 2 aliphatic heterocycles. The van der Waals surface area contributed by atoms with Crippen LogP contribution in [-0.4, -0.2) is 54.9 Å². The van der Waals surface area contributed by atoms with E-state index in [4.69, 9.17) is 4.74 Å². The third-order valence-electron chi connectivity index (χ3n) is 5.08. The normalized spacial score (nSPS) is 20.8. The molecule has 1 aromatic carbocycles. The number of sulfonamides is 1. The van der Waals surface area contributed by atoms with Crippen molar-refractivity contribution in [1.82, 2.24) is 4.31 Å². The molecule has 10 heteroatoms. The molecular formula is C19H27N3O6S. The standard InChI is InChI=1S/C19H27N3O6S/c1-19(2,3)28-18(23)16-7-6-12-21(16)15-9-8-14(22(24)25)13-17(15)29(26,27)20-10-4-5-11-20/h8-9,13,16H,4-7,10-12H2,1-3H3/t16-/m0/s1. The van der Waals surface area contributed by atoms with Crippen LogP contribution >= 0.6 is 0 Å². The van der Waals surface area contributed by atoms with Gasteiger partial charge in [0.05, 0.1) is 10.6 Å². The van der Waals surface area contributed by atoms with Gasteiger partial charge in [-0.2, -0.15) is 4.31 Å². The SMILES string of the molecule is CC(C)(C)OC(=O)[C@@H]1CCCN1c1ccc([N+](=O)[O-])cc1S(=O)(=O)N1CCCC1. The van der Waals surface area contributed by atoms with Crippen LogP contribution in [0.2, 0.25) is 0 Å². The lowest BCUT2D eigenvalue weighted by Gasteiger charge is -2.30. The van der Waals surface area contributed by atoms with Gasteiger partial charge in [0.25, 0.3) is 5.69 Å².